The highest BCUT2D eigenvalue weighted by molar-refractivity contribution is 6.22. The Labute approximate surface area is 127 Å². The molecule has 112 valence electrons. The molecule has 2 aromatic carbocycles. The number of alkyl halides is 3. The Morgan fingerprint density at radius 3 is 2.38 bits per heavy atom. The van der Waals surface area contributed by atoms with Gasteiger partial charge in [0.25, 0.3) is 0 Å². The van der Waals surface area contributed by atoms with E-state index in [9.17, 15) is 8.78 Å². The van der Waals surface area contributed by atoms with Crippen molar-refractivity contribution >= 4 is 11.6 Å². The first-order valence-electron chi connectivity index (χ1n) is 6.34. The van der Waals surface area contributed by atoms with Crippen molar-refractivity contribution < 1.29 is 18.3 Å². The number of methoxy groups -OCH3 is 1. The summed E-state index contributed by atoms with van der Waals surface area (Å²) in [5.41, 5.74) is 2.52. The molecule has 21 heavy (non-hydrogen) atoms. The fraction of sp³-hybridized carbons (Fsp3) is 0.250. The van der Waals surface area contributed by atoms with Crippen LogP contribution in [0.3, 0.4) is 0 Å². The van der Waals surface area contributed by atoms with Crippen LogP contribution in [0.2, 0.25) is 0 Å². The molecule has 0 radical (unpaired) electrons. The Morgan fingerprint density at radius 1 is 1.05 bits per heavy atom. The minimum Gasteiger partial charge on any atom is -0.496 e. The summed E-state index contributed by atoms with van der Waals surface area (Å²) in [6.45, 7) is -0.931. The maximum atomic E-state index is 12.2. The smallest absolute Gasteiger partial charge is 0.387 e. The summed E-state index contributed by atoms with van der Waals surface area (Å²) in [5.74, 6) is 0.871. The van der Waals surface area contributed by atoms with Gasteiger partial charge >= 0.3 is 6.61 Å². The summed E-state index contributed by atoms with van der Waals surface area (Å²) in [6.07, 6.45) is 0. The van der Waals surface area contributed by atoms with Crippen molar-refractivity contribution in [2.75, 3.05) is 7.11 Å². The second kappa shape index (κ2) is 6.76. The molecule has 2 nitrogen and oxygen atoms in total. The van der Waals surface area contributed by atoms with E-state index in [2.05, 4.69) is 4.74 Å². The van der Waals surface area contributed by atoms with E-state index in [1.807, 2.05) is 25.1 Å². The third-order valence-corrected chi connectivity index (χ3v) is 3.59. The minimum atomic E-state index is -2.85. The predicted molar refractivity (Wildman–Crippen MR) is 78.5 cm³/mol. The average molecular weight is 313 g/mol. The van der Waals surface area contributed by atoms with Crippen molar-refractivity contribution in [3.63, 3.8) is 0 Å². The molecule has 1 atom stereocenters. The number of hydrogen-bond acceptors (Lipinski definition) is 2. The largest absolute Gasteiger partial charge is 0.496 e. The van der Waals surface area contributed by atoms with Crippen LogP contribution < -0.4 is 9.47 Å². The van der Waals surface area contributed by atoms with Crippen LogP contribution in [0, 0.1) is 6.92 Å². The molecule has 1 unspecified atom stereocenters. The monoisotopic (exact) mass is 312 g/mol. The van der Waals surface area contributed by atoms with Gasteiger partial charge in [-0.25, -0.2) is 0 Å². The third kappa shape index (κ3) is 3.85. The van der Waals surface area contributed by atoms with Gasteiger partial charge in [0.2, 0.25) is 0 Å². The van der Waals surface area contributed by atoms with Crippen molar-refractivity contribution in [2.24, 2.45) is 0 Å². The third-order valence-electron chi connectivity index (χ3n) is 3.09. The predicted octanol–water partition coefficient (Wildman–Crippen LogP) is 4.93. The van der Waals surface area contributed by atoms with Gasteiger partial charge in [0, 0.05) is 0 Å². The zero-order valence-electron chi connectivity index (χ0n) is 11.6. The number of halogens is 3. The van der Waals surface area contributed by atoms with E-state index >= 15 is 0 Å². The van der Waals surface area contributed by atoms with E-state index in [1.54, 1.807) is 19.2 Å². The summed E-state index contributed by atoms with van der Waals surface area (Å²) in [7, 11) is 1.60. The van der Waals surface area contributed by atoms with Gasteiger partial charge in [0.1, 0.15) is 11.5 Å². The van der Waals surface area contributed by atoms with E-state index in [-0.39, 0.29) is 5.75 Å². The van der Waals surface area contributed by atoms with Gasteiger partial charge in [-0.15, -0.1) is 11.6 Å². The van der Waals surface area contributed by atoms with E-state index in [0.717, 1.165) is 16.9 Å². The van der Waals surface area contributed by atoms with Gasteiger partial charge in [0.05, 0.1) is 12.5 Å². The lowest BCUT2D eigenvalue weighted by Crippen LogP contribution is -2.03. The van der Waals surface area contributed by atoms with Crippen molar-refractivity contribution in [3.8, 4) is 11.5 Å². The summed E-state index contributed by atoms with van der Waals surface area (Å²) >= 11 is 6.42. The summed E-state index contributed by atoms with van der Waals surface area (Å²) in [5, 5.41) is -0.448. The van der Waals surface area contributed by atoms with E-state index in [1.165, 1.54) is 12.1 Å². The number of aryl methyl sites for hydroxylation is 1. The van der Waals surface area contributed by atoms with Crippen molar-refractivity contribution in [1.29, 1.82) is 0 Å². The van der Waals surface area contributed by atoms with E-state index in [4.69, 9.17) is 16.3 Å². The highest BCUT2D eigenvalue weighted by Gasteiger charge is 2.14. The van der Waals surface area contributed by atoms with Gasteiger partial charge < -0.3 is 9.47 Å². The second-order valence-electron chi connectivity index (χ2n) is 4.54. The van der Waals surface area contributed by atoms with Crippen LogP contribution in [-0.2, 0) is 0 Å². The number of hydrogen-bond donors (Lipinski definition) is 0. The lowest BCUT2D eigenvalue weighted by Gasteiger charge is -2.14. The molecule has 0 bridgehead atoms. The van der Waals surface area contributed by atoms with Crippen LogP contribution >= 0.6 is 11.6 Å². The summed E-state index contributed by atoms with van der Waals surface area (Å²) in [6, 6.07) is 12.0. The Hall–Kier alpha value is -1.81. The molecule has 0 spiro atoms. The fourth-order valence-corrected chi connectivity index (χ4v) is 2.37. The molecule has 0 saturated heterocycles. The van der Waals surface area contributed by atoms with Crippen LogP contribution in [0.4, 0.5) is 8.78 Å². The molecule has 5 heteroatoms. The van der Waals surface area contributed by atoms with Gasteiger partial charge in [-0.05, 0) is 41.8 Å². The van der Waals surface area contributed by atoms with Crippen LogP contribution in [0.1, 0.15) is 22.1 Å². The SMILES string of the molecule is COc1ccc(C(Cl)c2cccc(OC(F)F)c2)cc1C. The summed E-state index contributed by atoms with van der Waals surface area (Å²) < 4.78 is 34.1. The molecule has 2 rings (SSSR count). The van der Waals surface area contributed by atoms with Gasteiger partial charge in [0.15, 0.2) is 0 Å². The lowest BCUT2D eigenvalue weighted by molar-refractivity contribution is -0.0498. The molecule has 0 aromatic heterocycles. The molecule has 0 N–H and O–H groups in total. The maximum absolute atomic E-state index is 12.2. The van der Waals surface area contributed by atoms with Crippen LogP contribution in [0.15, 0.2) is 42.5 Å². The molecule has 0 fully saturated rings. The number of benzene rings is 2. The molecule has 2 aromatic rings. The van der Waals surface area contributed by atoms with Gasteiger partial charge in [-0.2, -0.15) is 8.78 Å². The van der Waals surface area contributed by atoms with Gasteiger partial charge in [-0.1, -0.05) is 24.3 Å². The molecule has 0 heterocycles. The highest BCUT2D eigenvalue weighted by Crippen LogP contribution is 2.33. The van der Waals surface area contributed by atoms with E-state index < -0.39 is 12.0 Å². The maximum Gasteiger partial charge on any atom is 0.387 e. The standard InChI is InChI=1S/C16H15ClF2O2/c1-10-8-12(6-7-14(10)20-2)15(17)11-4-3-5-13(9-11)21-16(18)19/h3-9,15-16H,1-2H3. The van der Waals surface area contributed by atoms with Crippen LogP contribution in [-0.4, -0.2) is 13.7 Å². The molecular formula is C16H15ClF2O2. The molecular weight excluding hydrogens is 298 g/mol. The van der Waals surface area contributed by atoms with Gasteiger partial charge in [-0.3, -0.25) is 0 Å². The first-order chi connectivity index (χ1) is 10.0. The molecule has 0 aliphatic carbocycles. The molecule has 0 saturated carbocycles. The molecule has 0 aliphatic rings. The Morgan fingerprint density at radius 2 is 1.76 bits per heavy atom. The summed E-state index contributed by atoms with van der Waals surface area (Å²) in [4.78, 5) is 0. The second-order valence-corrected chi connectivity index (χ2v) is 4.98. The number of rotatable bonds is 5. The average Bonchev–Trinajstić information content (AvgIpc) is 2.46. The molecule has 0 aliphatic heterocycles. The zero-order valence-corrected chi connectivity index (χ0v) is 12.4. The quantitative estimate of drug-likeness (QED) is 0.729. The minimum absolute atomic E-state index is 0.0957. The van der Waals surface area contributed by atoms with Crippen LogP contribution in [0.25, 0.3) is 0 Å². The van der Waals surface area contributed by atoms with Crippen molar-refractivity contribution in [3.05, 3.63) is 59.2 Å². The van der Waals surface area contributed by atoms with E-state index in [0.29, 0.717) is 5.56 Å². The fourth-order valence-electron chi connectivity index (χ4n) is 2.10. The number of ether oxygens (including phenoxy) is 2. The molecule has 0 amide bonds. The zero-order chi connectivity index (χ0) is 15.4. The lowest BCUT2D eigenvalue weighted by atomic mass is 10.0. The Balaban J connectivity index is 2.27. The normalized spacial score (nSPS) is 12.3. The Kier molecular flexibility index (Phi) is 5.02. The van der Waals surface area contributed by atoms with Crippen molar-refractivity contribution in [1.82, 2.24) is 0 Å². The van der Waals surface area contributed by atoms with Crippen LogP contribution in [0.5, 0.6) is 11.5 Å². The topological polar surface area (TPSA) is 18.5 Å². The first kappa shape index (κ1) is 15.6. The van der Waals surface area contributed by atoms with Crippen molar-refractivity contribution in [2.45, 2.75) is 18.9 Å². The highest BCUT2D eigenvalue weighted by atomic mass is 35.5. The first-order valence-corrected chi connectivity index (χ1v) is 6.78. The Bertz CT molecular complexity index is 617.